The quantitative estimate of drug-likeness (QED) is 0.572. The van der Waals surface area contributed by atoms with Gasteiger partial charge in [0, 0.05) is 28.2 Å². The molecule has 0 saturated heterocycles. The zero-order valence-electron chi connectivity index (χ0n) is 8.62. The first-order chi connectivity index (χ1) is 7.42. The van der Waals surface area contributed by atoms with Gasteiger partial charge >= 0.3 is 0 Å². The van der Waals surface area contributed by atoms with Crippen LogP contribution in [0.25, 0.3) is 0 Å². The highest BCUT2D eigenvalue weighted by Gasteiger charge is 2.21. The van der Waals surface area contributed by atoms with Gasteiger partial charge in [0.25, 0.3) is 0 Å². The topological polar surface area (TPSA) is 0 Å². The maximum atomic E-state index is 5.66. The number of benzene rings is 1. The van der Waals surface area contributed by atoms with Gasteiger partial charge in [-0.2, -0.15) is 11.8 Å². The molecule has 0 aromatic heterocycles. The average Bonchev–Trinajstić information content (AvgIpc) is 2.68. The van der Waals surface area contributed by atoms with Crippen LogP contribution in [0, 0.1) is 0 Å². The first-order valence-electron chi connectivity index (χ1n) is 5.27. The van der Waals surface area contributed by atoms with Crippen LogP contribution < -0.4 is 0 Å². The van der Waals surface area contributed by atoms with Crippen LogP contribution in [-0.2, 0) is 0 Å². The van der Waals surface area contributed by atoms with Crippen LogP contribution in [0.15, 0.2) is 29.2 Å². The summed E-state index contributed by atoms with van der Waals surface area (Å²) in [6, 6.07) is 8.81. The van der Waals surface area contributed by atoms with Crippen LogP contribution >= 0.6 is 35.1 Å². The molecule has 1 aliphatic rings. The third kappa shape index (κ3) is 3.08. The number of hydrogen-bond acceptors (Lipinski definition) is 2. The second-order valence-electron chi connectivity index (χ2n) is 3.66. The van der Waals surface area contributed by atoms with Gasteiger partial charge in [-0.1, -0.05) is 18.2 Å². The molecule has 0 spiro atoms. The van der Waals surface area contributed by atoms with Gasteiger partial charge in [0.2, 0.25) is 0 Å². The summed E-state index contributed by atoms with van der Waals surface area (Å²) in [7, 11) is 0. The smallest absolute Gasteiger partial charge is 0.0231 e. The van der Waals surface area contributed by atoms with E-state index >= 15 is 0 Å². The van der Waals surface area contributed by atoms with Gasteiger partial charge in [0.15, 0.2) is 0 Å². The molecule has 0 N–H and O–H groups in total. The van der Waals surface area contributed by atoms with Crippen molar-refractivity contribution in [3.8, 4) is 0 Å². The summed E-state index contributed by atoms with van der Waals surface area (Å²) in [5.41, 5.74) is 1.56. The third-order valence-corrected chi connectivity index (χ3v) is 5.27. The number of rotatable bonds is 5. The van der Waals surface area contributed by atoms with Crippen molar-refractivity contribution in [1.29, 1.82) is 0 Å². The van der Waals surface area contributed by atoms with Crippen LogP contribution in [0.1, 0.15) is 17.9 Å². The van der Waals surface area contributed by atoms with Gasteiger partial charge in [-0.3, -0.25) is 0 Å². The molecule has 1 aliphatic heterocycles. The fourth-order valence-corrected chi connectivity index (χ4v) is 4.54. The van der Waals surface area contributed by atoms with Crippen molar-refractivity contribution >= 4 is 35.1 Å². The molecule has 1 atom stereocenters. The van der Waals surface area contributed by atoms with E-state index in [4.69, 9.17) is 11.6 Å². The number of thioether (sulfide) groups is 2. The van der Waals surface area contributed by atoms with Gasteiger partial charge in [-0.05, 0) is 23.8 Å². The molecular weight excluding hydrogens is 244 g/mol. The summed E-state index contributed by atoms with van der Waals surface area (Å²) in [4.78, 5) is 1.49. The van der Waals surface area contributed by atoms with Crippen LogP contribution in [0.2, 0.25) is 0 Å². The van der Waals surface area contributed by atoms with Crippen molar-refractivity contribution in [2.24, 2.45) is 0 Å². The summed E-state index contributed by atoms with van der Waals surface area (Å²) in [5.74, 6) is 5.26. The Hall–Kier alpha value is 0.210. The van der Waals surface area contributed by atoms with E-state index in [-0.39, 0.29) is 0 Å². The molecule has 1 unspecified atom stereocenters. The van der Waals surface area contributed by atoms with Crippen LogP contribution in [-0.4, -0.2) is 23.1 Å². The molecule has 0 fully saturated rings. The first kappa shape index (κ1) is 11.7. The second-order valence-corrected chi connectivity index (χ2v) is 6.25. The minimum atomic E-state index is 0.756. The summed E-state index contributed by atoms with van der Waals surface area (Å²) >= 11 is 9.70. The summed E-state index contributed by atoms with van der Waals surface area (Å²) in [6.07, 6.45) is 1.13. The predicted octanol–water partition coefficient (Wildman–Crippen LogP) is 4.24. The molecule has 0 radical (unpaired) electrons. The van der Waals surface area contributed by atoms with E-state index in [2.05, 4.69) is 24.3 Å². The molecule has 0 nitrogen and oxygen atoms in total. The standard InChI is InChI=1S/C12H15ClS2/c13-6-3-7-14-8-10-9-15-12-5-2-1-4-11(10)12/h1-2,4-5,10H,3,6-9H2. The normalized spacial score (nSPS) is 19.1. The fourth-order valence-electron chi connectivity index (χ4n) is 1.75. The van der Waals surface area contributed by atoms with Gasteiger partial charge < -0.3 is 0 Å². The van der Waals surface area contributed by atoms with E-state index < -0.39 is 0 Å². The fraction of sp³-hybridized carbons (Fsp3) is 0.500. The minimum absolute atomic E-state index is 0.756. The van der Waals surface area contributed by atoms with Crippen molar-refractivity contribution in [3.63, 3.8) is 0 Å². The molecule has 0 amide bonds. The van der Waals surface area contributed by atoms with E-state index in [0.717, 1.165) is 18.2 Å². The Kier molecular flexibility index (Phi) is 4.73. The van der Waals surface area contributed by atoms with E-state index in [1.807, 2.05) is 23.5 Å². The zero-order chi connectivity index (χ0) is 10.5. The molecule has 1 heterocycles. The van der Waals surface area contributed by atoms with Crippen molar-refractivity contribution in [2.75, 3.05) is 23.1 Å². The number of alkyl halides is 1. The number of fused-ring (bicyclic) bond motifs is 1. The molecule has 1 aromatic carbocycles. The first-order valence-corrected chi connectivity index (χ1v) is 7.94. The lowest BCUT2D eigenvalue weighted by molar-refractivity contribution is 0.895. The Bertz CT molecular complexity index is 314. The minimum Gasteiger partial charge on any atom is -0.161 e. The molecule has 3 heteroatoms. The van der Waals surface area contributed by atoms with Gasteiger partial charge in [-0.25, -0.2) is 0 Å². The lowest BCUT2D eigenvalue weighted by atomic mass is 10.0. The number of hydrogen-bond donors (Lipinski definition) is 0. The summed E-state index contributed by atoms with van der Waals surface area (Å²) < 4.78 is 0. The van der Waals surface area contributed by atoms with Crippen LogP contribution in [0.4, 0.5) is 0 Å². The highest BCUT2D eigenvalue weighted by atomic mass is 35.5. The SMILES string of the molecule is ClCCCSCC1CSc2ccccc21. The van der Waals surface area contributed by atoms with Crippen molar-refractivity contribution in [3.05, 3.63) is 29.8 Å². The van der Waals surface area contributed by atoms with E-state index in [1.54, 1.807) is 5.56 Å². The van der Waals surface area contributed by atoms with Gasteiger partial charge in [0.1, 0.15) is 0 Å². The molecule has 2 rings (SSSR count). The lowest BCUT2D eigenvalue weighted by Gasteiger charge is -2.09. The van der Waals surface area contributed by atoms with Crippen molar-refractivity contribution in [2.45, 2.75) is 17.2 Å². The third-order valence-electron chi connectivity index (χ3n) is 2.54. The molecule has 0 bridgehead atoms. The molecule has 0 aliphatic carbocycles. The lowest BCUT2D eigenvalue weighted by Crippen LogP contribution is -2.00. The Balaban J connectivity index is 1.85. The van der Waals surface area contributed by atoms with Crippen LogP contribution in [0.3, 0.4) is 0 Å². The van der Waals surface area contributed by atoms with Gasteiger partial charge in [-0.15, -0.1) is 23.4 Å². The Labute approximate surface area is 105 Å². The van der Waals surface area contributed by atoms with Crippen LogP contribution in [0.5, 0.6) is 0 Å². The Morgan fingerprint density at radius 2 is 2.27 bits per heavy atom. The van der Waals surface area contributed by atoms with Crippen molar-refractivity contribution < 1.29 is 0 Å². The van der Waals surface area contributed by atoms with Gasteiger partial charge in [0.05, 0.1) is 0 Å². The largest absolute Gasteiger partial charge is 0.161 e. The summed E-state index contributed by atoms with van der Waals surface area (Å²) in [5, 5.41) is 0. The van der Waals surface area contributed by atoms with Crippen molar-refractivity contribution in [1.82, 2.24) is 0 Å². The predicted molar refractivity (Wildman–Crippen MR) is 72.6 cm³/mol. The van der Waals surface area contributed by atoms with E-state index in [0.29, 0.717) is 0 Å². The highest BCUT2D eigenvalue weighted by molar-refractivity contribution is 8.00. The summed E-state index contributed by atoms with van der Waals surface area (Å²) in [6.45, 7) is 0. The maximum Gasteiger partial charge on any atom is 0.0231 e. The highest BCUT2D eigenvalue weighted by Crippen LogP contribution is 2.40. The molecule has 1 aromatic rings. The number of halogens is 1. The van der Waals surface area contributed by atoms with E-state index in [1.165, 1.54) is 22.2 Å². The zero-order valence-corrected chi connectivity index (χ0v) is 11.0. The molecule has 15 heavy (non-hydrogen) atoms. The molecule has 0 saturated carbocycles. The maximum absolute atomic E-state index is 5.66. The Morgan fingerprint density at radius 3 is 3.13 bits per heavy atom. The monoisotopic (exact) mass is 258 g/mol. The molecule has 82 valence electrons. The van der Waals surface area contributed by atoms with E-state index in [9.17, 15) is 0 Å². The second kappa shape index (κ2) is 6.07. The Morgan fingerprint density at radius 1 is 1.40 bits per heavy atom. The average molecular weight is 259 g/mol. The molecular formula is C12H15ClS2.